The Labute approximate surface area is 225 Å². The first-order chi connectivity index (χ1) is 17.4. The van der Waals surface area contributed by atoms with Crippen LogP contribution < -0.4 is 10.6 Å². The van der Waals surface area contributed by atoms with Crippen molar-refractivity contribution >= 4 is 63.2 Å². The number of hydrogen-bond acceptors (Lipinski definition) is 7. The molecule has 0 bridgehead atoms. The molecular formula is C24H20Cl2N6O2S2. The molecule has 12 heteroatoms. The van der Waals surface area contributed by atoms with Gasteiger partial charge in [0.05, 0.1) is 28.0 Å². The summed E-state index contributed by atoms with van der Waals surface area (Å²) in [5.74, 6) is 0.106. The lowest BCUT2D eigenvalue weighted by Crippen LogP contribution is -2.25. The summed E-state index contributed by atoms with van der Waals surface area (Å²) in [7, 11) is 0. The molecule has 2 amide bonds. The Balaban J connectivity index is 1.34. The van der Waals surface area contributed by atoms with Gasteiger partial charge in [0.2, 0.25) is 5.91 Å². The largest absolute Gasteiger partial charge is 0.345 e. The zero-order valence-corrected chi connectivity index (χ0v) is 21.9. The van der Waals surface area contributed by atoms with Gasteiger partial charge in [0, 0.05) is 23.1 Å². The molecule has 0 aliphatic rings. The van der Waals surface area contributed by atoms with Gasteiger partial charge in [-0.1, -0.05) is 71.4 Å². The van der Waals surface area contributed by atoms with Crippen molar-refractivity contribution in [1.29, 1.82) is 0 Å². The van der Waals surface area contributed by atoms with Gasteiger partial charge in [-0.3, -0.25) is 9.59 Å². The summed E-state index contributed by atoms with van der Waals surface area (Å²) < 4.78 is 1.79. The fourth-order valence-corrected chi connectivity index (χ4v) is 4.93. The van der Waals surface area contributed by atoms with Gasteiger partial charge in [0.15, 0.2) is 16.1 Å². The van der Waals surface area contributed by atoms with E-state index in [-0.39, 0.29) is 24.1 Å². The maximum atomic E-state index is 12.5. The maximum Gasteiger partial charge on any atom is 0.251 e. The molecule has 0 fully saturated rings. The van der Waals surface area contributed by atoms with Crippen molar-refractivity contribution in [3.63, 3.8) is 0 Å². The van der Waals surface area contributed by atoms with Crippen molar-refractivity contribution in [2.75, 3.05) is 11.1 Å². The zero-order valence-electron chi connectivity index (χ0n) is 18.8. The number of halogens is 2. The van der Waals surface area contributed by atoms with E-state index >= 15 is 0 Å². The maximum absolute atomic E-state index is 12.5. The standard InChI is InChI=1S/C24H20Cl2N6O2S2/c1-2-10-32-20(12-27-22(34)16-8-9-17(25)18(26)11-16)30-31-24(32)36-14-21(33)29-23-28-19(13-35-23)15-6-4-3-5-7-15/h2-9,11,13H,1,10,12,14H2,(H,27,34)(H,28,29,33). The van der Waals surface area contributed by atoms with Crippen molar-refractivity contribution in [1.82, 2.24) is 25.1 Å². The number of aromatic nitrogens is 4. The Morgan fingerprint density at radius 2 is 1.92 bits per heavy atom. The molecule has 0 saturated heterocycles. The number of anilines is 1. The highest BCUT2D eigenvalue weighted by atomic mass is 35.5. The van der Waals surface area contributed by atoms with Crippen LogP contribution in [0.2, 0.25) is 10.0 Å². The van der Waals surface area contributed by atoms with E-state index in [0.29, 0.717) is 38.3 Å². The predicted molar refractivity (Wildman–Crippen MR) is 145 cm³/mol. The lowest BCUT2D eigenvalue weighted by atomic mass is 10.2. The second-order valence-electron chi connectivity index (χ2n) is 7.35. The van der Waals surface area contributed by atoms with Gasteiger partial charge in [-0.05, 0) is 18.2 Å². The Bertz CT molecular complexity index is 1390. The fourth-order valence-electron chi connectivity index (χ4n) is 3.13. The Kier molecular flexibility index (Phi) is 8.76. The van der Waals surface area contributed by atoms with Gasteiger partial charge in [0.1, 0.15) is 0 Å². The van der Waals surface area contributed by atoms with E-state index in [1.165, 1.54) is 29.2 Å². The van der Waals surface area contributed by atoms with E-state index in [1.807, 2.05) is 35.7 Å². The average molecular weight is 560 g/mol. The smallest absolute Gasteiger partial charge is 0.251 e. The number of benzene rings is 2. The molecule has 2 N–H and O–H groups in total. The van der Waals surface area contributed by atoms with Crippen LogP contribution in [0.25, 0.3) is 11.3 Å². The van der Waals surface area contributed by atoms with Crippen molar-refractivity contribution in [3.8, 4) is 11.3 Å². The van der Waals surface area contributed by atoms with Crippen molar-refractivity contribution < 1.29 is 9.59 Å². The van der Waals surface area contributed by atoms with Gasteiger partial charge in [-0.25, -0.2) is 4.98 Å². The first-order valence-electron chi connectivity index (χ1n) is 10.6. The van der Waals surface area contributed by atoms with Crippen LogP contribution >= 0.6 is 46.3 Å². The van der Waals surface area contributed by atoms with Crippen LogP contribution in [-0.4, -0.2) is 37.3 Å². The topological polar surface area (TPSA) is 102 Å². The number of amides is 2. The molecule has 0 aliphatic heterocycles. The van der Waals surface area contributed by atoms with Gasteiger partial charge < -0.3 is 15.2 Å². The van der Waals surface area contributed by atoms with Crippen molar-refractivity contribution in [2.24, 2.45) is 0 Å². The second kappa shape index (κ2) is 12.2. The number of nitrogens with one attached hydrogen (secondary N) is 2. The summed E-state index contributed by atoms with van der Waals surface area (Å²) in [6.45, 7) is 4.32. The van der Waals surface area contributed by atoms with Gasteiger partial charge in [-0.15, -0.1) is 28.1 Å². The molecule has 4 rings (SSSR count). The number of hydrogen-bond donors (Lipinski definition) is 2. The van der Waals surface area contributed by atoms with Crippen LogP contribution in [0.3, 0.4) is 0 Å². The van der Waals surface area contributed by atoms with Crippen LogP contribution in [0.5, 0.6) is 0 Å². The van der Waals surface area contributed by atoms with Crippen LogP contribution in [0.15, 0.2) is 71.7 Å². The third kappa shape index (κ3) is 6.52. The number of rotatable bonds is 10. The molecule has 0 spiro atoms. The van der Waals surface area contributed by atoms with E-state index in [9.17, 15) is 9.59 Å². The Morgan fingerprint density at radius 1 is 1.11 bits per heavy atom. The molecule has 2 aromatic heterocycles. The van der Waals surface area contributed by atoms with Crippen LogP contribution in [-0.2, 0) is 17.9 Å². The first kappa shape index (κ1) is 25.9. The summed E-state index contributed by atoms with van der Waals surface area (Å²) in [4.78, 5) is 29.5. The van der Waals surface area contributed by atoms with E-state index < -0.39 is 0 Å². The highest BCUT2D eigenvalue weighted by Crippen LogP contribution is 2.25. The summed E-state index contributed by atoms with van der Waals surface area (Å²) in [6, 6.07) is 14.4. The average Bonchev–Trinajstić information content (AvgIpc) is 3.50. The van der Waals surface area contributed by atoms with Crippen molar-refractivity contribution in [2.45, 2.75) is 18.2 Å². The monoisotopic (exact) mass is 558 g/mol. The van der Waals surface area contributed by atoms with Crippen LogP contribution in [0, 0.1) is 0 Å². The van der Waals surface area contributed by atoms with Gasteiger partial charge >= 0.3 is 0 Å². The summed E-state index contributed by atoms with van der Waals surface area (Å²) in [5.41, 5.74) is 2.17. The predicted octanol–water partition coefficient (Wildman–Crippen LogP) is 5.56. The lowest BCUT2D eigenvalue weighted by Gasteiger charge is -2.09. The third-order valence-electron chi connectivity index (χ3n) is 4.85. The summed E-state index contributed by atoms with van der Waals surface area (Å²) >= 11 is 14.5. The Morgan fingerprint density at radius 3 is 2.67 bits per heavy atom. The van der Waals surface area contributed by atoms with Crippen molar-refractivity contribution in [3.05, 3.63) is 88.0 Å². The molecule has 4 aromatic rings. The number of carbonyl (C=O) groups excluding carboxylic acids is 2. The van der Waals surface area contributed by atoms with E-state index in [0.717, 1.165) is 11.3 Å². The lowest BCUT2D eigenvalue weighted by molar-refractivity contribution is -0.113. The van der Waals surface area contributed by atoms with E-state index in [4.69, 9.17) is 23.2 Å². The minimum Gasteiger partial charge on any atom is -0.345 e. The quantitative estimate of drug-likeness (QED) is 0.195. The second-order valence-corrected chi connectivity index (χ2v) is 9.97. The third-order valence-corrected chi connectivity index (χ3v) is 7.31. The van der Waals surface area contributed by atoms with E-state index in [2.05, 4.69) is 32.4 Å². The number of thiazole rings is 1. The summed E-state index contributed by atoms with van der Waals surface area (Å²) in [5, 5.41) is 17.6. The highest BCUT2D eigenvalue weighted by molar-refractivity contribution is 7.99. The highest BCUT2D eigenvalue weighted by Gasteiger charge is 2.16. The normalized spacial score (nSPS) is 10.7. The molecule has 0 saturated carbocycles. The first-order valence-corrected chi connectivity index (χ1v) is 13.3. The van der Waals surface area contributed by atoms with Crippen LogP contribution in [0.4, 0.5) is 5.13 Å². The van der Waals surface area contributed by atoms with Gasteiger partial charge in [-0.2, -0.15) is 0 Å². The van der Waals surface area contributed by atoms with E-state index in [1.54, 1.807) is 22.8 Å². The molecule has 2 heterocycles. The number of carbonyl (C=O) groups is 2. The van der Waals surface area contributed by atoms with Gasteiger partial charge in [0.25, 0.3) is 5.91 Å². The summed E-state index contributed by atoms with van der Waals surface area (Å²) in [6.07, 6.45) is 1.69. The number of thioether (sulfide) groups is 1. The molecule has 0 aliphatic carbocycles. The minimum atomic E-state index is -0.325. The van der Waals surface area contributed by atoms with Crippen LogP contribution in [0.1, 0.15) is 16.2 Å². The zero-order chi connectivity index (χ0) is 25.5. The molecule has 0 radical (unpaired) electrons. The molecule has 0 atom stereocenters. The Hall–Kier alpha value is -3.18. The molecule has 0 unspecified atom stereocenters. The fraction of sp³-hybridized carbons (Fsp3) is 0.125. The molecule has 36 heavy (non-hydrogen) atoms. The number of nitrogens with zero attached hydrogens (tertiary/aromatic N) is 4. The molecular weight excluding hydrogens is 539 g/mol. The minimum absolute atomic E-state index is 0.116. The molecule has 2 aromatic carbocycles. The SMILES string of the molecule is C=CCn1c(CNC(=O)c2ccc(Cl)c(Cl)c2)nnc1SCC(=O)Nc1nc(-c2ccccc2)cs1. The number of allylic oxidation sites excluding steroid dienone is 1. The molecule has 184 valence electrons. The molecule has 8 nitrogen and oxygen atoms in total.